The SMILES string of the molecule is Oc1ccc([C@H]2Oc3c(ccc(O)c3O)[C@@H](O[C@@H]3c4ccc(O)c(O)c4O[C@@H](c4ccc(O)cc4)[C@@H]3O)[C@H]2O)cc1. The lowest BCUT2D eigenvalue weighted by Crippen LogP contribution is -2.41. The second kappa shape index (κ2) is 9.97. The van der Waals surface area contributed by atoms with E-state index in [1.807, 2.05) is 0 Å². The summed E-state index contributed by atoms with van der Waals surface area (Å²) in [5.74, 6) is -2.42. The summed E-state index contributed by atoms with van der Waals surface area (Å²) in [7, 11) is 0. The lowest BCUT2D eigenvalue weighted by molar-refractivity contribution is -0.175. The van der Waals surface area contributed by atoms with Gasteiger partial charge in [0.05, 0.1) is 0 Å². The van der Waals surface area contributed by atoms with Crippen molar-refractivity contribution in [1.29, 1.82) is 0 Å². The van der Waals surface area contributed by atoms with E-state index >= 15 is 0 Å². The monoisotopic (exact) mass is 562 g/mol. The van der Waals surface area contributed by atoms with Gasteiger partial charge in [-0.25, -0.2) is 0 Å². The van der Waals surface area contributed by atoms with Gasteiger partial charge in [-0.05, 0) is 59.7 Å². The molecule has 0 unspecified atom stereocenters. The molecule has 2 aliphatic heterocycles. The molecule has 11 heteroatoms. The van der Waals surface area contributed by atoms with Crippen molar-refractivity contribution in [2.24, 2.45) is 0 Å². The maximum absolute atomic E-state index is 11.5. The molecule has 0 saturated heterocycles. The summed E-state index contributed by atoms with van der Waals surface area (Å²) in [6.07, 6.45) is -7.62. The van der Waals surface area contributed by atoms with Crippen molar-refractivity contribution in [3.63, 3.8) is 0 Å². The number of ether oxygens (including phenoxy) is 3. The number of hydrogen-bond acceptors (Lipinski definition) is 11. The fourth-order valence-electron chi connectivity index (χ4n) is 5.25. The van der Waals surface area contributed by atoms with Crippen molar-refractivity contribution in [2.75, 3.05) is 0 Å². The topological polar surface area (TPSA) is 190 Å². The Bertz CT molecular complexity index is 1470. The van der Waals surface area contributed by atoms with E-state index in [-0.39, 0.29) is 34.1 Å². The maximum Gasteiger partial charge on any atom is 0.200 e. The van der Waals surface area contributed by atoms with E-state index in [1.165, 1.54) is 72.8 Å². The summed E-state index contributed by atoms with van der Waals surface area (Å²) in [6, 6.07) is 16.9. The molecule has 2 heterocycles. The van der Waals surface area contributed by atoms with Crippen molar-refractivity contribution < 1.29 is 55.1 Å². The third kappa shape index (κ3) is 4.45. The second-order valence-corrected chi connectivity index (χ2v) is 9.92. The lowest BCUT2D eigenvalue weighted by Gasteiger charge is -2.42. The van der Waals surface area contributed by atoms with Crippen LogP contribution in [0.5, 0.6) is 46.0 Å². The Morgan fingerprint density at radius 3 is 1.22 bits per heavy atom. The number of hydrogen-bond donors (Lipinski definition) is 8. The van der Waals surface area contributed by atoms with E-state index < -0.39 is 59.6 Å². The molecule has 0 radical (unpaired) electrons. The third-order valence-electron chi connectivity index (χ3n) is 7.36. The Balaban J connectivity index is 1.46. The highest BCUT2D eigenvalue weighted by molar-refractivity contribution is 5.58. The van der Waals surface area contributed by atoms with Crippen LogP contribution in [-0.2, 0) is 4.74 Å². The van der Waals surface area contributed by atoms with Gasteiger partial charge in [-0.15, -0.1) is 0 Å². The Kier molecular flexibility index (Phi) is 6.41. The zero-order valence-electron chi connectivity index (χ0n) is 21.2. The molecule has 0 saturated carbocycles. The van der Waals surface area contributed by atoms with Crippen molar-refractivity contribution in [3.05, 3.63) is 95.1 Å². The predicted octanol–water partition coefficient (Wildman–Crippen LogP) is 3.71. The summed E-state index contributed by atoms with van der Waals surface area (Å²) >= 11 is 0. The van der Waals surface area contributed by atoms with Gasteiger partial charge in [0, 0.05) is 11.1 Å². The fourth-order valence-corrected chi connectivity index (χ4v) is 5.25. The van der Waals surface area contributed by atoms with Crippen LogP contribution in [0.2, 0.25) is 0 Å². The molecule has 4 aromatic carbocycles. The molecule has 6 atom stereocenters. The van der Waals surface area contributed by atoms with Crippen LogP contribution in [0.15, 0.2) is 72.8 Å². The molecular formula is C30H26O11. The molecule has 0 fully saturated rings. The van der Waals surface area contributed by atoms with E-state index in [4.69, 9.17) is 14.2 Å². The van der Waals surface area contributed by atoms with Gasteiger partial charge < -0.3 is 55.1 Å². The van der Waals surface area contributed by atoms with E-state index in [1.54, 1.807) is 0 Å². The summed E-state index contributed by atoms with van der Waals surface area (Å²) in [4.78, 5) is 0. The molecule has 0 aliphatic carbocycles. The Morgan fingerprint density at radius 1 is 0.488 bits per heavy atom. The number of phenolic OH excluding ortho intramolecular Hbond substituents is 6. The van der Waals surface area contributed by atoms with Gasteiger partial charge in [0.2, 0.25) is 11.5 Å². The number of rotatable bonds is 4. The first kappa shape index (κ1) is 26.4. The van der Waals surface area contributed by atoms with Crippen LogP contribution in [0.3, 0.4) is 0 Å². The minimum Gasteiger partial charge on any atom is -0.508 e. The average Bonchev–Trinajstić information content (AvgIpc) is 2.96. The number of phenols is 6. The van der Waals surface area contributed by atoms with Crippen LogP contribution in [0.25, 0.3) is 0 Å². The molecule has 212 valence electrons. The minimum absolute atomic E-state index is 0.0157. The number of aliphatic hydroxyl groups is 2. The van der Waals surface area contributed by atoms with Crippen molar-refractivity contribution >= 4 is 0 Å². The molecule has 11 nitrogen and oxygen atoms in total. The first-order valence-corrected chi connectivity index (χ1v) is 12.7. The number of benzene rings is 4. The van der Waals surface area contributed by atoms with Crippen LogP contribution in [0, 0.1) is 0 Å². The van der Waals surface area contributed by atoms with Gasteiger partial charge in [-0.2, -0.15) is 0 Å². The highest BCUT2D eigenvalue weighted by Crippen LogP contribution is 2.55. The molecule has 6 rings (SSSR count). The fraction of sp³-hybridized carbons (Fsp3) is 0.200. The smallest absolute Gasteiger partial charge is 0.200 e. The van der Waals surface area contributed by atoms with Crippen molar-refractivity contribution in [1.82, 2.24) is 0 Å². The first-order valence-electron chi connectivity index (χ1n) is 12.7. The molecule has 41 heavy (non-hydrogen) atoms. The van der Waals surface area contributed by atoms with E-state index in [2.05, 4.69) is 0 Å². The molecule has 8 N–H and O–H groups in total. The van der Waals surface area contributed by atoms with Gasteiger partial charge in [0.15, 0.2) is 35.2 Å². The standard InChI is InChI=1S/C30H26O11/c31-15-5-1-13(2-6-15)25-23(37)29(17-9-11-19(33)21(35)27(17)39-25)41-30-18-10-12-20(34)22(36)28(18)40-26(24(30)38)14-3-7-16(32)8-4-14/h1-12,23-26,29-38H/t23-,24-,25-,26+,29+,30+/m0/s1. The molecule has 4 aromatic rings. The van der Waals surface area contributed by atoms with Crippen molar-refractivity contribution in [2.45, 2.75) is 36.6 Å². The highest BCUT2D eigenvalue weighted by Gasteiger charge is 2.47. The van der Waals surface area contributed by atoms with E-state index in [0.717, 1.165) is 0 Å². The van der Waals surface area contributed by atoms with Gasteiger partial charge in [-0.3, -0.25) is 0 Å². The van der Waals surface area contributed by atoms with E-state index in [0.29, 0.717) is 11.1 Å². The largest absolute Gasteiger partial charge is 0.508 e. The number of aromatic hydroxyl groups is 6. The van der Waals surface area contributed by atoms with Gasteiger partial charge in [0.25, 0.3) is 0 Å². The molecule has 0 bridgehead atoms. The molecule has 0 amide bonds. The predicted molar refractivity (Wildman–Crippen MR) is 141 cm³/mol. The van der Waals surface area contributed by atoms with Crippen molar-refractivity contribution in [3.8, 4) is 46.0 Å². The summed E-state index contributed by atoms with van der Waals surface area (Å²) < 4.78 is 18.3. The van der Waals surface area contributed by atoms with Gasteiger partial charge >= 0.3 is 0 Å². The van der Waals surface area contributed by atoms with Crippen LogP contribution in [0.1, 0.15) is 46.7 Å². The zero-order valence-corrected chi connectivity index (χ0v) is 21.2. The summed E-state index contributed by atoms with van der Waals surface area (Å²) in [6.45, 7) is 0. The second-order valence-electron chi connectivity index (χ2n) is 9.92. The van der Waals surface area contributed by atoms with Gasteiger partial charge in [0.1, 0.15) is 35.9 Å². The normalized spacial score (nSPS) is 24.9. The first-order chi connectivity index (χ1) is 19.6. The Hall–Kier alpha value is -4.84. The molecule has 0 aromatic heterocycles. The Labute approximate surface area is 232 Å². The Morgan fingerprint density at radius 2 is 0.854 bits per heavy atom. The minimum atomic E-state index is -1.42. The zero-order chi connectivity index (χ0) is 29.0. The van der Waals surface area contributed by atoms with Crippen LogP contribution in [0.4, 0.5) is 0 Å². The maximum atomic E-state index is 11.5. The van der Waals surface area contributed by atoms with Crippen LogP contribution >= 0.6 is 0 Å². The molecule has 2 aliphatic rings. The number of fused-ring (bicyclic) bond motifs is 2. The van der Waals surface area contributed by atoms with Crippen LogP contribution in [-0.4, -0.2) is 53.1 Å². The van der Waals surface area contributed by atoms with Gasteiger partial charge in [-0.1, -0.05) is 24.3 Å². The lowest BCUT2D eigenvalue weighted by atomic mass is 9.89. The average molecular weight is 563 g/mol. The summed E-state index contributed by atoms with van der Waals surface area (Å²) in [5.41, 5.74) is 1.20. The van der Waals surface area contributed by atoms with Crippen LogP contribution < -0.4 is 9.47 Å². The molecular weight excluding hydrogens is 536 g/mol. The molecule has 0 spiro atoms. The highest BCUT2D eigenvalue weighted by atomic mass is 16.6. The summed E-state index contributed by atoms with van der Waals surface area (Å²) in [5, 5.41) is 84.2. The number of aliphatic hydroxyl groups excluding tert-OH is 2. The quantitative estimate of drug-likeness (QED) is 0.169. The third-order valence-corrected chi connectivity index (χ3v) is 7.36. The van der Waals surface area contributed by atoms with E-state index in [9.17, 15) is 40.9 Å².